The van der Waals surface area contributed by atoms with Crippen LogP contribution in [0.25, 0.3) is 5.70 Å². The van der Waals surface area contributed by atoms with Crippen LogP contribution in [0.15, 0.2) is 84.9 Å². The van der Waals surface area contributed by atoms with Crippen LogP contribution in [0.1, 0.15) is 27.5 Å². The summed E-state index contributed by atoms with van der Waals surface area (Å²) < 4.78 is 7.04. The van der Waals surface area contributed by atoms with Crippen molar-refractivity contribution >= 4 is 35.1 Å². The summed E-state index contributed by atoms with van der Waals surface area (Å²) >= 11 is 6.10. The molecule has 3 aromatic carbocycles. The van der Waals surface area contributed by atoms with Gasteiger partial charge in [-0.25, -0.2) is 4.68 Å². The van der Waals surface area contributed by atoms with E-state index in [9.17, 15) is 4.79 Å². The molecule has 4 aromatic rings. The summed E-state index contributed by atoms with van der Waals surface area (Å²) in [6.07, 6.45) is 2.08. The molecule has 0 bridgehead atoms. The predicted octanol–water partition coefficient (Wildman–Crippen LogP) is 5.25. The number of ether oxygens (including phenoxy) is 1. The zero-order valence-electron chi connectivity index (χ0n) is 17.7. The molecule has 0 radical (unpaired) electrons. The molecule has 1 aromatic heterocycles. The van der Waals surface area contributed by atoms with Gasteiger partial charge in [-0.2, -0.15) is 4.98 Å². The van der Waals surface area contributed by atoms with E-state index < -0.39 is 0 Å². The Labute approximate surface area is 195 Å². The third-order valence-corrected chi connectivity index (χ3v) is 5.59. The van der Waals surface area contributed by atoms with E-state index in [0.717, 1.165) is 16.8 Å². The fraction of sp³-hybridized carbons (Fsp3) is 0.0800. The van der Waals surface area contributed by atoms with E-state index in [-0.39, 0.29) is 17.9 Å². The van der Waals surface area contributed by atoms with Gasteiger partial charge in [-0.05, 0) is 41.5 Å². The summed E-state index contributed by atoms with van der Waals surface area (Å²) in [6.45, 7) is 0. The van der Waals surface area contributed by atoms with Crippen molar-refractivity contribution < 1.29 is 9.53 Å². The highest BCUT2D eigenvalue weighted by Gasteiger charge is 2.26. The van der Waals surface area contributed by atoms with E-state index in [1.54, 1.807) is 28.9 Å². The van der Waals surface area contributed by atoms with Gasteiger partial charge in [0, 0.05) is 10.7 Å². The number of hydrogen-bond donors (Lipinski definition) is 2. The molecule has 1 aliphatic heterocycles. The number of halogens is 1. The second-order valence-corrected chi connectivity index (χ2v) is 7.86. The van der Waals surface area contributed by atoms with E-state index in [2.05, 4.69) is 26.8 Å². The fourth-order valence-electron chi connectivity index (χ4n) is 3.73. The minimum atomic E-state index is -0.352. The lowest BCUT2D eigenvalue weighted by atomic mass is 10.0. The van der Waals surface area contributed by atoms with Crippen LogP contribution in [0.2, 0.25) is 5.02 Å². The average molecular weight is 458 g/mol. The van der Waals surface area contributed by atoms with Crippen LogP contribution in [0, 0.1) is 0 Å². The first-order chi connectivity index (χ1) is 16.1. The smallest absolute Gasteiger partial charge is 0.261 e. The molecule has 0 spiro atoms. The SMILES string of the molecule is COc1ccccc1C(=O)Nc1nc2n(n1)[C@H](c1ccc(Cl)cc1)C=C(c1ccccc1)N2. The Morgan fingerprint density at radius 3 is 2.52 bits per heavy atom. The third-order valence-electron chi connectivity index (χ3n) is 5.34. The van der Waals surface area contributed by atoms with Crippen LogP contribution in [-0.4, -0.2) is 27.8 Å². The zero-order chi connectivity index (χ0) is 22.8. The molecule has 1 atom stereocenters. The van der Waals surface area contributed by atoms with Crippen molar-refractivity contribution in [2.24, 2.45) is 0 Å². The summed E-state index contributed by atoms with van der Waals surface area (Å²) in [5.41, 5.74) is 3.31. The van der Waals surface area contributed by atoms with E-state index in [1.807, 2.05) is 54.6 Å². The predicted molar refractivity (Wildman–Crippen MR) is 129 cm³/mol. The number of hydrogen-bond acceptors (Lipinski definition) is 5. The molecule has 2 N–H and O–H groups in total. The van der Waals surface area contributed by atoms with E-state index in [4.69, 9.17) is 16.3 Å². The van der Waals surface area contributed by atoms with Gasteiger partial charge in [-0.3, -0.25) is 10.1 Å². The Hall–Kier alpha value is -4.10. The van der Waals surface area contributed by atoms with Gasteiger partial charge < -0.3 is 10.1 Å². The number of carbonyl (C=O) groups is 1. The Morgan fingerprint density at radius 2 is 1.76 bits per heavy atom. The highest BCUT2D eigenvalue weighted by Crippen LogP contribution is 2.33. The van der Waals surface area contributed by atoms with Gasteiger partial charge in [0.05, 0.1) is 12.7 Å². The molecule has 0 saturated heterocycles. The third kappa shape index (κ3) is 4.18. The standard InChI is InChI=1S/C25H20ClN5O2/c1-33-22-10-6-5-9-19(22)23(32)28-24-29-25-27-20(16-7-3-2-4-8-16)15-21(31(25)30-24)17-11-13-18(26)14-12-17/h2-15,21H,1H3,(H2,27,28,29,30,32)/t21-/m0/s1. The van der Waals surface area contributed by atoms with E-state index in [1.165, 1.54) is 7.11 Å². The first-order valence-electron chi connectivity index (χ1n) is 10.3. The molecule has 33 heavy (non-hydrogen) atoms. The molecule has 8 heteroatoms. The number of fused-ring (bicyclic) bond motifs is 1. The van der Waals surface area contributed by atoms with Gasteiger partial charge in [-0.15, -0.1) is 5.10 Å². The maximum atomic E-state index is 12.9. The van der Waals surface area contributed by atoms with Crippen molar-refractivity contribution in [3.8, 4) is 5.75 Å². The summed E-state index contributed by atoms with van der Waals surface area (Å²) in [5, 5.41) is 11.3. The number of carbonyl (C=O) groups excluding carboxylic acids is 1. The van der Waals surface area contributed by atoms with Crippen LogP contribution in [0.3, 0.4) is 0 Å². The lowest BCUT2D eigenvalue weighted by molar-refractivity contribution is 0.102. The van der Waals surface area contributed by atoms with Gasteiger partial charge in [0.15, 0.2) is 0 Å². The number of amides is 1. The number of allylic oxidation sites excluding steroid dienone is 1. The maximum absolute atomic E-state index is 12.9. The van der Waals surface area contributed by atoms with Crippen molar-refractivity contribution in [1.29, 1.82) is 0 Å². The van der Waals surface area contributed by atoms with Gasteiger partial charge >= 0.3 is 0 Å². The van der Waals surface area contributed by atoms with Crippen molar-refractivity contribution in [2.45, 2.75) is 6.04 Å². The van der Waals surface area contributed by atoms with Crippen LogP contribution >= 0.6 is 11.6 Å². The Morgan fingerprint density at radius 1 is 1.03 bits per heavy atom. The lowest BCUT2D eigenvalue weighted by Gasteiger charge is -2.24. The monoisotopic (exact) mass is 457 g/mol. The van der Waals surface area contributed by atoms with Crippen LogP contribution < -0.4 is 15.4 Å². The minimum Gasteiger partial charge on any atom is -0.496 e. The lowest BCUT2D eigenvalue weighted by Crippen LogP contribution is -2.20. The number of aromatic nitrogens is 3. The normalized spacial score (nSPS) is 14.6. The molecule has 1 amide bonds. The van der Waals surface area contributed by atoms with Crippen molar-refractivity contribution in [3.63, 3.8) is 0 Å². The molecular weight excluding hydrogens is 438 g/mol. The topological polar surface area (TPSA) is 81.1 Å². The number of benzene rings is 3. The van der Waals surface area contributed by atoms with Crippen molar-refractivity contribution in [2.75, 3.05) is 17.7 Å². The highest BCUT2D eigenvalue weighted by atomic mass is 35.5. The number of nitrogens with one attached hydrogen (secondary N) is 2. The number of nitrogens with zero attached hydrogens (tertiary/aromatic N) is 3. The first kappa shape index (κ1) is 20.8. The zero-order valence-corrected chi connectivity index (χ0v) is 18.5. The summed E-state index contributed by atoms with van der Waals surface area (Å²) in [4.78, 5) is 17.4. The molecule has 7 nitrogen and oxygen atoms in total. The summed E-state index contributed by atoms with van der Waals surface area (Å²) in [7, 11) is 1.52. The quantitative estimate of drug-likeness (QED) is 0.428. The van der Waals surface area contributed by atoms with E-state index in [0.29, 0.717) is 22.3 Å². The molecule has 0 aliphatic carbocycles. The molecule has 2 heterocycles. The summed E-state index contributed by atoms with van der Waals surface area (Å²) in [6, 6.07) is 24.3. The van der Waals surface area contributed by atoms with Gasteiger partial charge in [0.1, 0.15) is 11.8 Å². The largest absolute Gasteiger partial charge is 0.496 e. The van der Waals surface area contributed by atoms with E-state index >= 15 is 0 Å². The molecule has 1 aliphatic rings. The van der Waals surface area contributed by atoms with Crippen LogP contribution in [-0.2, 0) is 0 Å². The number of para-hydroxylation sites is 1. The Kier molecular flexibility index (Phi) is 5.54. The number of methoxy groups -OCH3 is 1. The Bertz CT molecular complexity index is 1330. The van der Waals surface area contributed by atoms with Gasteiger partial charge in [0.2, 0.25) is 5.95 Å². The minimum absolute atomic E-state index is 0.190. The molecule has 0 fully saturated rings. The molecule has 164 valence electrons. The molecule has 5 rings (SSSR count). The van der Waals surface area contributed by atoms with Crippen LogP contribution in [0.4, 0.5) is 11.9 Å². The van der Waals surface area contributed by atoms with Crippen molar-refractivity contribution in [1.82, 2.24) is 14.8 Å². The summed E-state index contributed by atoms with van der Waals surface area (Å²) in [5.74, 6) is 0.834. The second-order valence-electron chi connectivity index (χ2n) is 7.43. The number of rotatable bonds is 5. The highest BCUT2D eigenvalue weighted by molar-refractivity contribution is 6.30. The van der Waals surface area contributed by atoms with Gasteiger partial charge in [0.25, 0.3) is 11.9 Å². The van der Waals surface area contributed by atoms with Crippen LogP contribution in [0.5, 0.6) is 5.75 Å². The van der Waals surface area contributed by atoms with Crippen molar-refractivity contribution in [3.05, 3.63) is 107 Å². The second kappa shape index (κ2) is 8.80. The maximum Gasteiger partial charge on any atom is 0.261 e. The molecule has 0 saturated carbocycles. The molecular formula is C25H20ClN5O2. The Balaban J connectivity index is 1.51. The molecule has 0 unspecified atom stereocenters. The first-order valence-corrected chi connectivity index (χ1v) is 10.7. The average Bonchev–Trinajstić information content (AvgIpc) is 3.26. The fourth-order valence-corrected chi connectivity index (χ4v) is 3.86. The number of anilines is 2. The van der Waals surface area contributed by atoms with Gasteiger partial charge in [-0.1, -0.05) is 66.2 Å².